The molecule has 0 aliphatic carbocycles. The molecule has 1 aromatic carbocycles. The number of carbonyl (C=O) groups excluding carboxylic acids is 1. The van der Waals surface area contributed by atoms with E-state index in [2.05, 4.69) is 17.2 Å². The first-order valence-electron chi connectivity index (χ1n) is 6.93. The average molecular weight is 285 g/mol. The van der Waals surface area contributed by atoms with E-state index in [0.717, 1.165) is 17.7 Å². The third-order valence-corrected chi connectivity index (χ3v) is 3.14. The second-order valence-electron chi connectivity index (χ2n) is 4.48. The lowest BCUT2D eigenvalue weighted by atomic mass is 10.1. The van der Waals surface area contributed by atoms with Crippen molar-refractivity contribution in [2.24, 2.45) is 0 Å². The van der Waals surface area contributed by atoms with Crippen molar-refractivity contribution >= 4 is 23.2 Å². The van der Waals surface area contributed by atoms with Crippen LogP contribution in [0.25, 0.3) is 0 Å². The van der Waals surface area contributed by atoms with Gasteiger partial charge in [-0.15, -0.1) is 0 Å². The lowest BCUT2D eigenvalue weighted by Gasteiger charge is -2.13. The van der Waals surface area contributed by atoms with Crippen LogP contribution in [0.15, 0.2) is 36.5 Å². The van der Waals surface area contributed by atoms with E-state index in [1.54, 1.807) is 19.2 Å². The molecule has 3 N–H and O–H groups in total. The maximum atomic E-state index is 11.8. The SMILES string of the molecule is CCOC(=O)c1ccnc(Nc2ccccc2CC)c1N. The topological polar surface area (TPSA) is 77.2 Å². The lowest BCUT2D eigenvalue weighted by Crippen LogP contribution is -2.10. The molecule has 21 heavy (non-hydrogen) atoms. The van der Waals surface area contributed by atoms with Gasteiger partial charge >= 0.3 is 5.97 Å². The molecule has 1 aromatic heterocycles. The Balaban J connectivity index is 2.33. The molecule has 2 rings (SSSR count). The summed E-state index contributed by atoms with van der Waals surface area (Å²) in [5.41, 5.74) is 8.73. The maximum absolute atomic E-state index is 11.8. The summed E-state index contributed by atoms with van der Waals surface area (Å²) >= 11 is 0. The van der Waals surface area contributed by atoms with Crippen LogP contribution in [0.2, 0.25) is 0 Å². The van der Waals surface area contributed by atoms with E-state index in [9.17, 15) is 4.79 Å². The number of aryl methyl sites for hydroxylation is 1. The van der Waals surface area contributed by atoms with E-state index in [4.69, 9.17) is 10.5 Å². The van der Waals surface area contributed by atoms with Crippen LogP contribution < -0.4 is 11.1 Å². The number of pyridine rings is 1. The van der Waals surface area contributed by atoms with Crippen LogP contribution in [-0.2, 0) is 11.2 Å². The minimum absolute atomic E-state index is 0.293. The molecule has 0 spiro atoms. The number of rotatable bonds is 5. The molecule has 0 aliphatic rings. The fourth-order valence-electron chi connectivity index (χ4n) is 2.04. The van der Waals surface area contributed by atoms with Crippen molar-refractivity contribution in [2.45, 2.75) is 20.3 Å². The van der Waals surface area contributed by atoms with Crippen LogP contribution in [0, 0.1) is 0 Å². The highest BCUT2D eigenvalue weighted by atomic mass is 16.5. The number of nitrogens with two attached hydrogens (primary N) is 1. The number of hydrogen-bond donors (Lipinski definition) is 2. The number of nitrogens with one attached hydrogen (secondary N) is 1. The predicted molar refractivity (Wildman–Crippen MR) is 83.7 cm³/mol. The van der Waals surface area contributed by atoms with Gasteiger partial charge in [0.1, 0.15) is 0 Å². The zero-order chi connectivity index (χ0) is 15.2. The Labute approximate surface area is 124 Å². The van der Waals surface area contributed by atoms with Gasteiger partial charge in [-0.1, -0.05) is 25.1 Å². The summed E-state index contributed by atoms with van der Waals surface area (Å²) in [6.07, 6.45) is 2.43. The zero-order valence-corrected chi connectivity index (χ0v) is 12.2. The zero-order valence-electron chi connectivity index (χ0n) is 12.2. The molecular formula is C16H19N3O2. The van der Waals surface area contributed by atoms with E-state index in [1.807, 2.05) is 24.3 Å². The molecule has 1 heterocycles. The summed E-state index contributed by atoms with van der Waals surface area (Å²) in [5.74, 6) is 0.0191. The summed E-state index contributed by atoms with van der Waals surface area (Å²) in [6.45, 7) is 4.14. The van der Waals surface area contributed by atoms with Gasteiger partial charge in [-0.25, -0.2) is 9.78 Å². The van der Waals surface area contributed by atoms with E-state index >= 15 is 0 Å². The highest BCUT2D eigenvalue weighted by Gasteiger charge is 2.15. The molecule has 0 saturated carbocycles. The fourth-order valence-corrected chi connectivity index (χ4v) is 2.04. The van der Waals surface area contributed by atoms with Crippen molar-refractivity contribution in [3.8, 4) is 0 Å². The smallest absolute Gasteiger partial charge is 0.340 e. The number of esters is 1. The molecule has 0 radical (unpaired) electrons. The van der Waals surface area contributed by atoms with Crippen molar-refractivity contribution in [3.05, 3.63) is 47.7 Å². The van der Waals surface area contributed by atoms with Crippen LogP contribution in [0.4, 0.5) is 17.2 Å². The summed E-state index contributed by atoms with van der Waals surface area (Å²) in [5, 5.41) is 3.19. The van der Waals surface area contributed by atoms with Gasteiger partial charge in [-0.3, -0.25) is 0 Å². The van der Waals surface area contributed by atoms with Gasteiger partial charge < -0.3 is 15.8 Å². The standard InChI is InChI=1S/C16H19N3O2/c1-3-11-7-5-6-8-13(11)19-15-14(17)12(9-10-18-15)16(20)21-4-2/h5-10H,3-4,17H2,1-2H3,(H,18,19). The number of benzene rings is 1. The normalized spacial score (nSPS) is 10.2. The number of aromatic nitrogens is 1. The molecule has 0 bridgehead atoms. The molecule has 0 unspecified atom stereocenters. The quantitative estimate of drug-likeness (QED) is 0.825. The molecular weight excluding hydrogens is 266 g/mol. The summed E-state index contributed by atoms with van der Waals surface area (Å²) in [4.78, 5) is 16.0. The monoisotopic (exact) mass is 285 g/mol. The molecule has 0 amide bonds. The molecule has 5 nitrogen and oxygen atoms in total. The van der Waals surface area contributed by atoms with Crippen LogP contribution in [0.3, 0.4) is 0 Å². The second kappa shape index (κ2) is 6.74. The van der Waals surface area contributed by atoms with E-state index < -0.39 is 5.97 Å². The van der Waals surface area contributed by atoms with E-state index in [0.29, 0.717) is 23.7 Å². The van der Waals surface area contributed by atoms with Gasteiger partial charge in [-0.05, 0) is 31.0 Å². The summed E-state index contributed by atoms with van der Waals surface area (Å²) in [7, 11) is 0. The van der Waals surface area contributed by atoms with Gasteiger partial charge in [0.2, 0.25) is 0 Å². The molecule has 0 saturated heterocycles. The van der Waals surface area contributed by atoms with Crippen molar-refractivity contribution in [1.82, 2.24) is 4.98 Å². The number of nitrogens with zero attached hydrogens (tertiary/aromatic N) is 1. The third-order valence-electron chi connectivity index (χ3n) is 3.14. The maximum Gasteiger partial charge on any atom is 0.340 e. The lowest BCUT2D eigenvalue weighted by molar-refractivity contribution is 0.0527. The van der Waals surface area contributed by atoms with Crippen LogP contribution in [-0.4, -0.2) is 17.6 Å². The Bertz CT molecular complexity index is 641. The number of ether oxygens (including phenoxy) is 1. The van der Waals surface area contributed by atoms with Crippen molar-refractivity contribution in [1.29, 1.82) is 0 Å². The molecule has 0 fully saturated rings. The van der Waals surface area contributed by atoms with Crippen molar-refractivity contribution in [3.63, 3.8) is 0 Å². The van der Waals surface area contributed by atoms with E-state index in [-0.39, 0.29) is 0 Å². The highest BCUT2D eigenvalue weighted by molar-refractivity contribution is 5.98. The summed E-state index contributed by atoms with van der Waals surface area (Å²) < 4.78 is 4.98. The van der Waals surface area contributed by atoms with E-state index in [1.165, 1.54) is 0 Å². The Morgan fingerprint density at radius 3 is 2.76 bits per heavy atom. The minimum atomic E-state index is -0.441. The minimum Gasteiger partial charge on any atom is -0.462 e. The van der Waals surface area contributed by atoms with Crippen molar-refractivity contribution in [2.75, 3.05) is 17.7 Å². The number of nitrogen functional groups attached to an aromatic ring is 1. The molecule has 2 aromatic rings. The van der Waals surface area contributed by atoms with Gasteiger partial charge in [0.15, 0.2) is 5.82 Å². The Kier molecular flexibility index (Phi) is 4.77. The molecule has 5 heteroatoms. The Morgan fingerprint density at radius 2 is 2.05 bits per heavy atom. The van der Waals surface area contributed by atoms with Crippen molar-refractivity contribution < 1.29 is 9.53 Å². The number of hydrogen-bond acceptors (Lipinski definition) is 5. The van der Waals surface area contributed by atoms with Crippen LogP contribution >= 0.6 is 0 Å². The molecule has 0 aliphatic heterocycles. The van der Waals surface area contributed by atoms with Gasteiger partial charge in [0, 0.05) is 11.9 Å². The van der Waals surface area contributed by atoms with Crippen LogP contribution in [0.1, 0.15) is 29.8 Å². The molecule has 0 atom stereocenters. The fraction of sp³-hybridized carbons (Fsp3) is 0.250. The average Bonchev–Trinajstić information content (AvgIpc) is 2.50. The predicted octanol–water partition coefficient (Wildman–Crippen LogP) is 3.15. The Hall–Kier alpha value is -2.56. The largest absolute Gasteiger partial charge is 0.462 e. The number of para-hydroxylation sites is 1. The number of carbonyl (C=O) groups is 1. The Morgan fingerprint density at radius 1 is 1.29 bits per heavy atom. The first-order chi connectivity index (χ1) is 10.2. The highest BCUT2D eigenvalue weighted by Crippen LogP contribution is 2.26. The first-order valence-corrected chi connectivity index (χ1v) is 6.93. The summed E-state index contributed by atoms with van der Waals surface area (Å²) in [6, 6.07) is 9.47. The van der Waals surface area contributed by atoms with Crippen LogP contribution in [0.5, 0.6) is 0 Å². The second-order valence-corrected chi connectivity index (χ2v) is 4.48. The third kappa shape index (κ3) is 3.31. The van der Waals surface area contributed by atoms with Gasteiger partial charge in [0.25, 0.3) is 0 Å². The first kappa shape index (κ1) is 14.8. The number of anilines is 3. The van der Waals surface area contributed by atoms with Gasteiger partial charge in [-0.2, -0.15) is 0 Å². The van der Waals surface area contributed by atoms with Gasteiger partial charge in [0.05, 0.1) is 17.9 Å². The molecule has 110 valence electrons.